The second-order valence-corrected chi connectivity index (χ2v) is 6.02. The van der Waals surface area contributed by atoms with E-state index in [0.717, 1.165) is 18.7 Å². The fourth-order valence-corrected chi connectivity index (χ4v) is 2.92. The molecule has 2 aromatic heterocycles. The molecular formula is C16H18N4O3. The number of aromatic nitrogens is 3. The minimum Gasteiger partial charge on any atom is -0.374 e. The maximum absolute atomic E-state index is 12.8. The van der Waals surface area contributed by atoms with E-state index in [0.29, 0.717) is 30.5 Å². The Morgan fingerprint density at radius 2 is 2.09 bits per heavy atom. The van der Waals surface area contributed by atoms with Crippen molar-refractivity contribution in [3.8, 4) is 0 Å². The van der Waals surface area contributed by atoms with Crippen LogP contribution in [-0.4, -0.2) is 45.2 Å². The van der Waals surface area contributed by atoms with Gasteiger partial charge in [0.1, 0.15) is 6.04 Å². The number of hydrogen-bond acceptors (Lipinski definition) is 6. The molecular weight excluding hydrogens is 296 g/mol. The Bertz CT molecular complexity index is 698. The molecule has 2 aliphatic rings. The van der Waals surface area contributed by atoms with Gasteiger partial charge < -0.3 is 14.2 Å². The fourth-order valence-electron chi connectivity index (χ4n) is 2.92. The van der Waals surface area contributed by atoms with Crippen LogP contribution < -0.4 is 0 Å². The molecule has 0 N–H and O–H groups in total. The Morgan fingerprint density at radius 3 is 2.83 bits per heavy atom. The summed E-state index contributed by atoms with van der Waals surface area (Å²) in [6, 6.07) is 3.07. The van der Waals surface area contributed by atoms with E-state index in [-0.39, 0.29) is 18.1 Å². The van der Waals surface area contributed by atoms with Crippen molar-refractivity contribution in [2.45, 2.75) is 37.8 Å². The van der Waals surface area contributed by atoms with Crippen molar-refractivity contribution in [1.82, 2.24) is 20.0 Å². The zero-order valence-corrected chi connectivity index (χ0v) is 12.9. The molecule has 4 rings (SSSR count). The van der Waals surface area contributed by atoms with E-state index in [9.17, 15) is 4.79 Å². The first-order valence-electron chi connectivity index (χ1n) is 7.90. The van der Waals surface area contributed by atoms with Crippen LogP contribution in [-0.2, 0) is 4.74 Å². The summed E-state index contributed by atoms with van der Waals surface area (Å²) in [7, 11) is 0. The highest BCUT2D eigenvalue weighted by molar-refractivity contribution is 5.94. The van der Waals surface area contributed by atoms with Gasteiger partial charge in [0.2, 0.25) is 0 Å². The van der Waals surface area contributed by atoms with Crippen LogP contribution in [0.3, 0.4) is 0 Å². The monoisotopic (exact) mass is 314 g/mol. The molecule has 1 aliphatic heterocycles. The van der Waals surface area contributed by atoms with Crippen LogP contribution in [0.5, 0.6) is 0 Å². The van der Waals surface area contributed by atoms with E-state index in [1.165, 1.54) is 0 Å². The molecule has 0 bridgehead atoms. The van der Waals surface area contributed by atoms with Gasteiger partial charge in [-0.3, -0.25) is 9.78 Å². The smallest absolute Gasteiger partial charge is 0.254 e. The largest absolute Gasteiger partial charge is 0.374 e. The van der Waals surface area contributed by atoms with Gasteiger partial charge in [-0.25, -0.2) is 0 Å². The maximum atomic E-state index is 12.8. The number of carbonyl (C=O) groups is 1. The summed E-state index contributed by atoms with van der Waals surface area (Å²) in [5.74, 6) is 1.55. The standard InChI is InChI=1S/C16H18N4O3/c1-10-13(15-18-14(19-23-15)11-2-3-11)20(8-9-22-10)16(21)12-4-6-17-7-5-12/h4-7,10-11,13H,2-3,8-9H2,1H3/t10-,13+/m1/s1. The normalized spacial score (nSPS) is 24.7. The summed E-state index contributed by atoms with van der Waals surface area (Å²) >= 11 is 0. The van der Waals surface area contributed by atoms with Crippen molar-refractivity contribution in [1.29, 1.82) is 0 Å². The molecule has 2 aromatic rings. The summed E-state index contributed by atoms with van der Waals surface area (Å²) < 4.78 is 11.2. The maximum Gasteiger partial charge on any atom is 0.254 e. The average Bonchev–Trinajstić information content (AvgIpc) is 3.33. The molecule has 1 amide bonds. The minimum absolute atomic E-state index is 0.0706. The van der Waals surface area contributed by atoms with E-state index >= 15 is 0 Å². The summed E-state index contributed by atoms with van der Waals surface area (Å²) in [5, 5.41) is 4.06. The number of pyridine rings is 1. The average molecular weight is 314 g/mol. The van der Waals surface area contributed by atoms with E-state index in [1.807, 2.05) is 6.92 Å². The highest BCUT2D eigenvalue weighted by Crippen LogP contribution is 2.39. The Morgan fingerprint density at radius 1 is 1.30 bits per heavy atom. The fraction of sp³-hybridized carbons (Fsp3) is 0.500. The van der Waals surface area contributed by atoms with Crippen molar-refractivity contribution in [2.75, 3.05) is 13.2 Å². The van der Waals surface area contributed by atoms with Gasteiger partial charge in [0.05, 0.1) is 12.7 Å². The second-order valence-electron chi connectivity index (χ2n) is 6.02. The molecule has 0 radical (unpaired) electrons. The highest BCUT2D eigenvalue weighted by atomic mass is 16.5. The van der Waals surface area contributed by atoms with Crippen LogP contribution in [0.25, 0.3) is 0 Å². The molecule has 1 saturated carbocycles. The third-order valence-corrected chi connectivity index (χ3v) is 4.33. The number of morpholine rings is 1. The molecule has 0 spiro atoms. The zero-order chi connectivity index (χ0) is 15.8. The predicted molar refractivity (Wildman–Crippen MR) is 79.7 cm³/mol. The van der Waals surface area contributed by atoms with Crippen LogP contribution in [0.1, 0.15) is 53.8 Å². The number of rotatable bonds is 3. The number of carbonyl (C=O) groups excluding carboxylic acids is 1. The van der Waals surface area contributed by atoms with Crippen LogP contribution in [0.2, 0.25) is 0 Å². The number of hydrogen-bond donors (Lipinski definition) is 0. The van der Waals surface area contributed by atoms with Crippen LogP contribution in [0.4, 0.5) is 0 Å². The molecule has 0 aromatic carbocycles. The Hall–Kier alpha value is -2.28. The van der Waals surface area contributed by atoms with Gasteiger partial charge >= 0.3 is 0 Å². The molecule has 0 unspecified atom stereocenters. The summed E-state index contributed by atoms with van der Waals surface area (Å²) in [5.41, 5.74) is 0.598. The van der Waals surface area contributed by atoms with Crippen LogP contribution >= 0.6 is 0 Å². The van der Waals surface area contributed by atoms with Crippen LogP contribution in [0.15, 0.2) is 29.0 Å². The topological polar surface area (TPSA) is 81.4 Å². The molecule has 2 atom stereocenters. The molecule has 3 heterocycles. The van der Waals surface area contributed by atoms with Gasteiger partial charge in [-0.15, -0.1) is 0 Å². The lowest BCUT2D eigenvalue weighted by Crippen LogP contribution is -2.47. The van der Waals surface area contributed by atoms with Crippen molar-refractivity contribution in [3.63, 3.8) is 0 Å². The Kier molecular flexibility index (Phi) is 3.57. The third kappa shape index (κ3) is 2.72. The molecule has 2 fully saturated rings. The second kappa shape index (κ2) is 5.73. The number of amides is 1. The van der Waals surface area contributed by atoms with Gasteiger partial charge in [0.15, 0.2) is 5.82 Å². The van der Waals surface area contributed by atoms with Gasteiger partial charge in [0, 0.05) is 30.4 Å². The first kappa shape index (κ1) is 14.3. The predicted octanol–water partition coefficient (Wildman–Crippen LogP) is 1.94. The molecule has 1 aliphatic carbocycles. The van der Waals surface area contributed by atoms with E-state index < -0.39 is 0 Å². The molecule has 7 heteroatoms. The number of nitrogens with zero attached hydrogens (tertiary/aromatic N) is 4. The third-order valence-electron chi connectivity index (χ3n) is 4.33. The Balaban J connectivity index is 1.64. The van der Waals surface area contributed by atoms with Crippen molar-refractivity contribution < 1.29 is 14.1 Å². The first-order valence-corrected chi connectivity index (χ1v) is 7.90. The summed E-state index contributed by atoms with van der Waals surface area (Å²) in [6.07, 6.45) is 5.25. The summed E-state index contributed by atoms with van der Waals surface area (Å²) in [4.78, 5) is 23.1. The lowest BCUT2D eigenvalue weighted by Gasteiger charge is -2.37. The summed E-state index contributed by atoms with van der Waals surface area (Å²) in [6.45, 7) is 2.92. The minimum atomic E-state index is -0.357. The van der Waals surface area contributed by atoms with Crippen LogP contribution in [0, 0.1) is 0 Å². The molecule has 23 heavy (non-hydrogen) atoms. The van der Waals surface area contributed by atoms with Crippen molar-refractivity contribution >= 4 is 5.91 Å². The quantitative estimate of drug-likeness (QED) is 0.861. The van der Waals surface area contributed by atoms with E-state index in [2.05, 4.69) is 15.1 Å². The lowest BCUT2D eigenvalue weighted by molar-refractivity contribution is -0.0600. The van der Waals surface area contributed by atoms with Gasteiger partial charge in [-0.05, 0) is 31.9 Å². The van der Waals surface area contributed by atoms with E-state index in [1.54, 1.807) is 29.4 Å². The van der Waals surface area contributed by atoms with Gasteiger partial charge in [-0.2, -0.15) is 4.98 Å². The molecule has 120 valence electrons. The number of ether oxygens (including phenoxy) is 1. The van der Waals surface area contributed by atoms with Gasteiger partial charge in [-0.1, -0.05) is 5.16 Å². The molecule has 7 nitrogen and oxygen atoms in total. The zero-order valence-electron chi connectivity index (χ0n) is 12.9. The lowest BCUT2D eigenvalue weighted by atomic mass is 10.1. The Labute approximate surface area is 133 Å². The highest BCUT2D eigenvalue weighted by Gasteiger charge is 2.39. The van der Waals surface area contributed by atoms with Crippen molar-refractivity contribution in [3.05, 3.63) is 41.8 Å². The first-order chi connectivity index (χ1) is 11.2. The SMILES string of the molecule is C[C@H]1OCCN(C(=O)c2ccncc2)[C@@H]1c1nc(C2CC2)no1. The molecule has 1 saturated heterocycles. The van der Waals surface area contributed by atoms with E-state index in [4.69, 9.17) is 9.26 Å². The van der Waals surface area contributed by atoms with Gasteiger partial charge in [0.25, 0.3) is 11.8 Å². The van der Waals surface area contributed by atoms with Crippen molar-refractivity contribution in [2.24, 2.45) is 0 Å².